The van der Waals surface area contributed by atoms with Crippen molar-refractivity contribution in [1.29, 1.82) is 0 Å². The fraction of sp³-hybridized carbons (Fsp3) is 0.333. The van der Waals surface area contributed by atoms with Crippen LogP contribution >= 0.6 is 0 Å². The van der Waals surface area contributed by atoms with Crippen molar-refractivity contribution in [2.75, 3.05) is 6.61 Å². The third-order valence-electron chi connectivity index (χ3n) is 6.82. The summed E-state index contributed by atoms with van der Waals surface area (Å²) in [5, 5.41) is 0. The number of halogens is 2. The molecular weight excluding hydrogens is 414 g/mol. The minimum absolute atomic E-state index is 0.196. The number of aryl methyl sites for hydroxylation is 1. The van der Waals surface area contributed by atoms with E-state index in [1.165, 1.54) is 17.2 Å². The van der Waals surface area contributed by atoms with E-state index >= 15 is 0 Å². The molecule has 0 heterocycles. The summed E-state index contributed by atoms with van der Waals surface area (Å²) in [6.45, 7) is 5.99. The van der Waals surface area contributed by atoms with E-state index in [-0.39, 0.29) is 11.6 Å². The molecule has 0 bridgehead atoms. The highest BCUT2D eigenvalue weighted by Crippen LogP contribution is 2.41. The molecule has 33 heavy (non-hydrogen) atoms. The molecule has 0 atom stereocenters. The molecule has 0 N–H and O–H groups in total. The molecule has 4 rings (SSSR count). The van der Waals surface area contributed by atoms with Crippen LogP contribution in [0.5, 0.6) is 5.75 Å². The summed E-state index contributed by atoms with van der Waals surface area (Å²) in [5.41, 5.74) is 4.76. The topological polar surface area (TPSA) is 9.23 Å². The summed E-state index contributed by atoms with van der Waals surface area (Å²) in [5.74, 6) is 0.374. The lowest BCUT2D eigenvalue weighted by atomic mass is 9.76. The van der Waals surface area contributed by atoms with Crippen LogP contribution in [0.15, 0.2) is 73.3 Å². The van der Waals surface area contributed by atoms with Gasteiger partial charge in [-0.1, -0.05) is 48.5 Å². The normalized spacial score (nSPS) is 18.2. The number of allylic oxidation sites excluding steroid dienone is 1. The van der Waals surface area contributed by atoms with E-state index in [4.69, 9.17) is 4.74 Å². The lowest BCUT2D eigenvalue weighted by Crippen LogP contribution is -2.12. The molecule has 1 aliphatic carbocycles. The maximum Gasteiger partial charge on any atom is 0.165 e. The van der Waals surface area contributed by atoms with Crippen LogP contribution < -0.4 is 4.74 Å². The van der Waals surface area contributed by atoms with E-state index in [1.54, 1.807) is 31.2 Å². The highest BCUT2D eigenvalue weighted by molar-refractivity contribution is 5.65. The van der Waals surface area contributed by atoms with Gasteiger partial charge in [-0.15, -0.1) is 6.58 Å². The van der Waals surface area contributed by atoms with Crippen LogP contribution in [0.25, 0.3) is 11.1 Å². The van der Waals surface area contributed by atoms with Gasteiger partial charge in [0, 0.05) is 5.56 Å². The molecule has 172 valence electrons. The fourth-order valence-electron chi connectivity index (χ4n) is 4.95. The maximum absolute atomic E-state index is 15.0. The molecule has 0 unspecified atom stereocenters. The lowest BCUT2D eigenvalue weighted by molar-refractivity contribution is 0.321. The SMILES string of the molecule is C=CCCc1ccc(C2CCC(c3ccc(-c4ccc(OCC)c(F)c4)c(F)c3)CC2)cc1. The van der Waals surface area contributed by atoms with Gasteiger partial charge in [0.25, 0.3) is 0 Å². The van der Waals surface area contributed by atoms with Crippen molar-refractivity contribution in [2.24, 2.45) is 0 Å². The Morgan fingerprint density at radius 1 is 0.848 bits per heavy atom. The van der Waals surface area contributed by atoms with Gasteiger partial charge in [0.15, 0.2) is 11.6 Å². The molecule has 0 saturated heterocycles. The number of benzene rings is 3. The number of rotatable bonds is 8. The Balaban J connectivity index is 1.40. The Labute approximate surface area is 196 Å². The first kappa shape index (κ1) is 23.2. The molecule has 1 nitrogen and oxygen atoms in total. The van der Waals surface area contributed by atoms with Gasteiger partial charge in [-0.3, -0.25) is 0 Å². The molecule has 3 aromatic carbocycles. The molecule has 0 aromatic heterocycles. The number of hydrogen-bond acceptors (Lipinski definition) is 1. The molecule has 3 heteroatoms. The number of hydrogen-bond donors (Lipinski definition) is 0. The second kappa shape index (κ2) is 10.8. The largest absolute Gasteiger partial charge is 0.491 e. The predicted molar refractivity (Wildman–Crippen MR) is 132 cm³/mol. The van der Waals surface area contributed by atoms with Crippen molar-refractivity contribution >= 4 is 0 Å². The summed E-state index contributed by atoms with van der Waals surface area (Å²) >= 11 is 0. The summed E-state index contributed by atoms with van der Waals surface area (Å²) < 4.78 is 34.5. The molecule has 1 aliphatic rings. The second-order valence-corrected chi connectivity index (χ2v) is 8.93. The molecule has 0 spiro atoms. The molecule has 0 amide bonds. The smallest absolute Gasteiger partial charge is 0.165 e. The van der Waals surface area contributed by atoms with E-state index in [9.17, 15) is 8.78 Å². The first-order chi connectivity index (χ1) is 16.1. The van der Waals surface area contributed by atoms with Crippen LogP contribution in [-0.4, -0.2) is 6.61 Å². The Kier molecular flexibility index (Phi) is 7.59. The van der Waals surface area contributed by atoms with Gasteiger partial charge < -0.3 is 4.74 Å². The fourth-order valence-corrected chi connectivity index (χ4v) is 4.95. The van der Waals surface area contributed by atoms with Crippen LogP contribution in [0.1, 0.15) is 67.6 Å². The highest BCUT2D eigenvalue weighted by atomic mass is 19.1. The average Bonchev–Trinajstić information content (AvgIpc) is 2.84. The molecule has 3 aromatic rings. The van der Waals surface area contributed by atoms with Gasteiger partial charge in [-0.2, -0.15) is 0 Å². The number of ether oxygens (including phenoxy) is 1. The summed E-state index contributed by atoms with van der Waals surface area (Å²) in [7, 11) is 0. The quantitative estimate of drug-likeness (QED) is 0.315. The van der Waals surface area contributed by atoms with Crippen LogP contribution in [0, 0.1) is 11.6 Å². The van der Waals surface area contributed by atoms with Gasteiger partial charge in [0.2, 0.25) is 0 Å². The molecule has 1 fully saturated rings. The van der Waals surface area contributed by atoms with Gasteiger partial charge in [0.1, 0.15) is 5.82 Å². The highest BCUT2D eigenvalue weighted by Gasteiger charge is 2.24. The first-order valence-corrected chi connectivity index (χ1v) is 12.0. The standard InChI is InChI=1S/C30H32F2O/c1-3-5-6-21-7-9-22(10-8-21)23-11-13-24(14-12-23)25-15-17-27(28(31)19-25)26-16-18-30(33-4-2)29(32)20-26/h3,7-10,15-20,23-24H,1,4-6,11-14H2,2H3. The Morgan fingerprint density at radius 3 is 2.12 bits per heavy atom. The monoisotopic (exact) mass is 446 g/mol. The van der Waals surface area contributed by atoms with Gasteiger partial charge in [0.05, 0.1) is 6.61 Å². The van der Waals surface area contributed by atoms with Crippen LogP contribution in [-0.2, 0) is 6.42 Å². The molecular formula is C30H32F2O. The van der Waals surface area contributed by atoms with Crippen molar-refractivity contribution in [3.63, 3.8) is 0 Å². The van der Waals surface area contributed by atoms with E-state index in [2.05, 4.69) is 30.8 Å². The zero-order valence-corrected chi connectivity index (χ0v) is 19.3. The zero-order chi connectivity index (χ0) is 23.2. The van der Waals surface area contributed by atoms with E-state index in [0.717, 1.165) is 44.1 Å². The minimum atomic E-state index is -0.468. The van der Waals surface area contributed by atoms with Crippen molar-refractivity contribution in [1.82, 2.24) is 0 Å². The minimum Gasteiger partial charge on any atom is -0.491 e. The van der Waals surface area contributed by atoms with Gasteiger partial charge in [-0.25, -0.2) is 8.78 Å². The van der Waals surface area contributed by atoms with Crippen molar-refractivity contribution in [3.05, 3.63) is 102 Å². The van der Waals surface area contributed by atoms with Crippen molar-refractivity contribution in [2.45, 2.75) is 57.3 Å². The van der Waals surface area contributed by atoms with Gasteiger partial charge in [-0.05, 0) is 97.7 Å². The average molecular weight is 447 g/mol. The molecule has 0 radical (unpaired) electrons. The predicted octanol–water partition coefficient (Wildman–Crippen LogP) is 8.59. The van der Waals surface area contributed by atoms with Crippen LogP contribution in [0.3, 0.4) is 0 Å². The maximum atomic E-state index is 15.0. The third kappa shape index (κ3) is 5.52. The summed E-state index contributed by atoms with van der Waals surface area (Å²) in [6, 6.07) is 19.1. The van der Waals surface area contributed by atoms with Gasteiger partial charge >= 0.3 is 0 Å². The Morgan fingerprint density at radius 2 is 1.52 bits per heavy atom. The molecule has 1 saturated carbocycles. The van der Waals surface area contributed by atoms with E-state index in [1.807, 2.05) is 12.1 Å². The lowest BCUT2D eigenvalue weighted by Gasteiger charge is -2.29. The van der Waals surface area contributed by atoms with E-state index < -0.39 is 5.82 Å². The Hall–Kier alpha value is -2.94. The zero-order valence-electron chi connectivity index (χ0n) is 19.3. The summed E-state index contributed by atoms with van der Waals surface area (Å²) in [4.78, 5) is 0. The third-order valence-corrected chi connectivity index (χ3v) is 6.82. The van der Waals surface area contributed by atoms with Crippen LogP contribution in [0.2, 0.25) is 0 Å². The Bertz CT molecular complexity index is 1080. The first-order valence-electron chi connectivity index (χ1n) is 12.0. The van der Waals surface area contributed by atoms with Crippen molar-refractivity contribution < 1.29 is 13.5 Å². The second-order valence-electron chi connectivity index (χ2n) is 8.93. The van der Waals surface area contributed by atoms with Crippen molar-refractivity contribution in [3.8, 4) is 16.9 Å². The summed E-state index contributed by atoms with van der Waals surface area (Å²) in [6.07, 6.45) is 8.35. The molecule has 0 aliphatic heterocycles. The van der Waals surface area contributed by atoms with Crippen LogP contribution in [0.4, 0.5) is 8.78 Å². The van der Waals surface area contributed by atoms with E-state index in [0.29, 0.717) is 29.6 Å².